The molecule has 0 aliphatic carbocycles. The number of nitrogens with one attached hydrogen (secondary N) is 1. The Morgan fingerprint density at radius 2 is 1.10 bits per heavy atom. The van der Waals surface area contributed by atoms with Crippen molar-refractivity contribution in [3.63, 3.8) is 0 Å². The molecule has 49 heavy (non-hydrogen) atoms. The Kier molecular flexibility index (Phi) is 11.5. The van der Waals surface area contributed by atoms with Crippen molar-refractivity contribution >= 4 is 12.0 Å². The Labute approximate surface area is 266 Å². The van der Waals surface area contributed by atoms with Crippen molar-refractivity contribution in [3.8, 4) is 0 Å². The van der Waals surface area contributed by atoms with Crippen molar-refractivity contribution in [3.05, 3.63) is 35.9 Å². The summed E-state index contributed by atoms with van der Waals surface area (Å²) < 4.78 is 234. The lowest BCUT2D eigenvalue weighted by molar-refractivity contribution is -0.462. The highest BCUT2D eigenvalue weighted by Gasteiger charge is 2.95. The molecule has 1 aromatic carbocycles. The van der Waals surface area contributed by atoms with Gasteiger partial charge in [-0.15, -0.1) is 0 Å². The fourth-order valence-electron chi connectivity index (χ4n) is 4.42. The molecule has 2 amide bonds. The zero-order chi connectivity index (χ0) is 38.3. The predicted molar refractivity (Wildman–Crippen MR) is 133 cm³/mol. The van der Waals surface area contributed by atoms with Crippen LogP contribution in [-0.4, -0.2) is 83.2 Å². The van der Waals surface area contributed by atoms with Crippen molar-refractivity contribution in [2.75, 3.05) is 13.1 Å². The number of likely N-dealkylation sites (tertiary alicyclic amines) is 1. The van der Waals surface area contributed by atoms with E-state index in [1.165, 1.54) is 0 Å². The maximum absolute atomic E-state index is 14.3. The molecule has 0 unspecified atom stereocenters. The largest absolute Gasteiger partial charge is 0.460 e. The summed E-state index contributed by atoms with van der Waals surface area (Å²) in [6.45, 7) is 1.31. The van der Waals surface area contributed by atoms with Gasteiger partial charge < -0.3 is 15.0 Å². The Bertz CT molecular complexity index is 1310. The number of alkyl halides is 17. The van der Waals surface area contributed by atoms with E-state index in [1.807, 2.05) is 0 Å². The standard InChI is InChI=1S/C27H27F17N2O3/c1-19(2,49-18(48)46-12-8-16(9-13-46)17(47)45-14-15-6-4-3-5-7-15)10-11-20(28,29)21(30,31)22(32,33)23(34,35)24(36,37)25(38,39)26(40,41)27(42,43)44/h3-7,16H,8-14H2,1-2H3,(H,45,47). The smallest absolute Gasteiger partial charge is 0.443 e. The molecule has 1 fully saturated rings. The van der Waals surface area contributed by atoms with Crippen LogP contribution in [0.15, 0.2) is 30.3 Å². The van der Waals surface area contributed by atoms with Crippen molar-refractivity contribution in [2.24, 2.45) is 5.92 Å². The molecule has 0 atom stereocenters. The summed E-state index contributed by atoms with van der Waals surface area (Å²) in [6, 6.07) is 8.70. The van der Waals surface area contributed by atoms with E-state index < -0.39 is 78.1 Å². The summed E-state index contributed by atoms with van der Waals surface area (Å²) in [6.07, 6.45) is -13.4. The number of nitrogens with zero attached hydrogens (tertiary/aromatic N) is 1. The normalized spacial score (nSPS) is 16.8. The Hall–Kier alpha value is -3.23. The van der Waals surface area contributed by atoms with Gasteiger partial charge in [-0.25, -0.2) is 4.79 Å². The first-order chi connectivity index (χ1) is 21.8. The molecule has 1 aromatic rings. The second-order valence-corrected chi connectivity index (χ2v) is 11.7. The summed E-state index contributed by atoms with van der Waals surface area (Å²) in [7, 11) is 0. The third-order valence-electron chi connectivity index (χ3n) is 7.63. The monoisotopic (exact) mass is 750 g/mol. The number of halogens is 17. The summed E-state index contributed by atoms with van der Waals surface area (Å²) in [4.78, 5) is 25.9. The fourth-order valence-corrected chi connectivity index (χ4v) is 4.42. The number of benzene rings is 1. The van der Waals surface area contributed by atoms with E-state index in [0.717, 1.165) is 24.3 Å². The molecule has 5 nitrogen and oxygen atoms in total. The van der Waals surface area contributed by atoms with Gasteiger partial charge in [-0.05, 0) is 38.7 Å². The third-order valence-corrected chi connectivity index (χ3v) is 7.63. The van der Waals surface area contributed by atoms with Gasteiger partial charge in [0.25, 0.3) is 0 Å². The zero-order valence-electron chi connectivity index (χ0n) is 25.0. The van der Waals surface area contributed by atoms with E-state index in [0.29, 0.717) is 0 Å². The van der Waals surface area contributed by atoms with E-state index >= 15 is 0 Å². The van der Waals surface area contributed by atoms with Crippen LogP contribution in [-0.2, 0) is 16.1 Å². The summed E-state index contributed by atoms with van der Waals surface area (Å²) >= 11 is 0. The zero-order valence-corrected chi connectivity index (χ0v) is 25.0. The van der Waals surface area contributed by atoms with Gasteiger partial charge in [0.05, 0.1) is 0 Å². The maximum atomic E-state index is 14.3. The molecule has 1 aliphatic heterocycles. The van der Waals surface area contributed by atoms with Gasteiger partial charge in [0.15, 0.2) is 0 Å². The molecular weight excluding hydrogens is 723 g/mol. The van der Waals surface area contributed by atoms with Gasteiger partial charge >= 0.3 is 53.7 Å². The molecule has 22 heteroatoms. The highest BCUT2D eigenvalue weighted by Crippen LogP contribution is 2.64. The molecule has 2 rings (SSSR count). The lowest BCUT2D eigenvalue weighted by Crippen LogP contribution is -2.74. The molecule has 1 N–H and O–H groups in total. The number of carbonyl (C=O) groups excluding carboxylic acids is 2. The lowest BCUT2D eigenvalue weighted by atomic mass is 9.87. The number of rotatable bonds is 13. The summed E-state index contributed by atoms with van der Waals surface area (Å²) in [5.74, 6) is -57.9. The van der Waals surface area contributed by atoms with Gasteiger partial charge in [-0.1, -0.05) is 30.3 Å². The van der Waals surface area contributed by atoms with Crippen molar-refractivity contribution in [2.45, 2.75) is 99.3 Å². The SMILES string of the molecule is CC(C)(CCC(F)(F)C(F)(F)C(F)(F)C(F)(F)C(F)(F)C(F)(F)C(F)(F)C(F)(F)F)OC(=O)N1CCC(C(=O)NCc2ccccc2)CC1. The van der Waals surface area contributed by atoms with Gasteiger partial charge in [0, 0.05) is 32.0 Å². The van der Waals surface area contributed by atoms with Crippen LogP contribution >= 0.6 is 0 Å². The summed E-state index contributed by atoms with van der Waals surface area (Å²) in [5.41, 5.74) is -1.56. The van der Waals surface area contributed by atoms with Crippen LogP contribution in [0.25, 0.3) is 0 Å². The van der Waals surface area contributed by atoms with E-state index in [9.17, 15) is 84.2 Å². The Balaban J connectivity index is 2.10. The number of carbonyl (C=O) groups is 2. The molecule has 0 aromatic heterocycles. The van der Waals surface area contributed by atoms with Crippen molar-refractivity contribution < 1.29 is 89.0 Å². The number of ether oxygens (including phenoxy) is 1. The Morgan fingerprint density at radius 1 is 0.673 bits per heavy atom. The van der Waals surface area contributed by atoms with Crippen LogP contribution in [0, 0.1) is 5.92 Å². The fraction of sp³-hybridized carbons (Fsp3) is 0.704. The summed E-state index contributed by atoms with van der Waals surface area (Å²) in [5, 5.41) is 2.68. The molecule has 1 heterocycles. The highest BCUT2D eigenvalue weighted by molar-refractivity contribution is 5.79. The highest BCUT2D eigenvalue weighted by atomic mass is 19.4. The first kappa shape index (κ1) is 41.9. The topological polar surface area (TPSA) is 58.6 Å². The van der Waals surface area contributed by atoms with Gasteiger partial charge in [0.2, 0.25) is 5.91 Å². The number of hydrogen-bond acceptors (Lipinski definition) is 3. The van der Waals surface area contributed by atoms with Crippen LogP contribution in [0.1, 0.15) is 45.1 Å². The molecule has 1 saturated heterocycles. The van der Waals surface area contributed by atoms with E-state index in [1.54, 1.807) is 30.3 Å². The van der Waals surface area contributed by atoms with E-state index in [4.69, 9.17) is 4.74 Å². The van der Waals surface area contributed by atoms with Crippen LogP contribution < -0.4 is 5.32 Å². The molecular formula is C27H27F17N2O3. The van der Waals surface area contributed by atoms with E-state index in [-0.39, 0.29) is 38.4 Å². The van der Waals surface area contributed by atoms with Crippen LogP contribution in [0.4, 0.5) is 79.4 Å². The first-order valence-corrected chi connectivity index (χ1v) is 13.8. The number of piperidine rings is 1. The van der Waals surface area contributed by atoms with Crippen LogP contribution in [0.2, 0.25) is 0 Å². The minimum Gasteiger partial charge on any atom is -0.443 e. The molecule has 1 aliphatic rings. The molecule has 282 valence electrons. The average molecular weight is 750 g/mol. The molecule has 0 bridgehead atoms. The van der Waals surface area contributed by atoms with Gasteiger partial charge in [-0.3, -0.25) is 4.79 Å². The molecule has 0 radical (unpaired) electrons. The molecule has 0 saturated carbocycles. The van der Waals surface area contributed by atoms with Crippen molar-refractivity contribution in [1.82, 2.24) is 10.2 Å². The molecule has 0 spiro atoms. The number of amides is 2. The van der Waals surface area contributed by atoms with Gasteiger partial charge in [0.1, 0.15) is 5.60 Å². The van der Waals surface area contributed by atoms with E-state index in [2.05, 4.69) is 5.32 Å². The van der Waals surface area contributed by atoms with Gasteiger partial charge in [-0.2, -0.15) is 74.6 Å². The quantitative estimate of drug-likeness (QED) is 0.205. The minimum absolute atomic E-state index is 0.0579. The van der Waals surface area contributed by atoms with Crippen LogP contribution in [0.3, 0.4) is 0 Å². The lowest BCUT2D eigenvalue weighted by Gasteiger charge is -2.43. The minimum atomic E-state index is -8.70. The average Bonchev–Trinajstić information content (AvgIpc) is 2.98. The first-order valence-electron chi connectivity index (χ1n) is 13.8. The second kappa shape index (κ2) is 13.5. The van der Waals surface area contributed by atoms with Crippen molar-refractivity contribution in [1.29, 1.82) is 0 Å². The number of hydrogen-bond donors (Lipinski definition) is 1. The second-order valence-electron chi connectivity index (χ2n) is 11.7. The maximum Gasteiger partial charge on any atom is 0.460 e. The Morgan fingerprint density at radius 3 is 1.55 bits per heavy atom. The predicted octanol–water partition coefficient (Wildman–Crippen LogP) is 8.72. The van der Waals surface area contributed by atoms with Crippen LogP contribution in [0.5, 0.6) is 0 Å². The third kappa shape index (κ3) is 7.75.